The molecule has 0 saturated heterocycles. The SMILES string of the molecule is Cc1nn(-c2ccccc2)c(Cl)c1/C=N/NC(=O)/C(=C/c1ccccc1O)NC(=O)c1ccccc1. The molecule has 0 fully saturated rings. The van der Waals surface area contributed by atoms with Gasteiger partial charge in [0.2, 0.25) is 0 Å². The van der Waals surface area contributed by atoms with Crippen LogP contribution < -0.4 is 10.7 Å². The highest BCUT2D eigenvalue weighted by Crippen LogP contribution is 2.22. The molecule has 180 valence electrons. The summed E-state index contributed by atoms with van der Waals surface area (Å²) < 4.78 is 1.57. The van der Waals surface area contributed by atoms with Crippen molar-refractivity contribution in [2.24, 2.45) is 5.10 Å². The number of hydrazone groups is 1. The molecule has 0 spiro atoms. The summed E-state index contributed by atoms with van der Waals surface area (Å²) >= 11 is 6.50. The number of aromatic nitrogens is 2. The van der Waals surface area contributed by atoms with Gasteiger partial charge in [-0.05, 0) is 43.3 Å². The first-order chi connectivity index (χ1) is 17.4. The lowest BCUT2D eigenvalue weighted by molar-refractivity contribution is -0.117. The molecular weight excluding hydrogens is 478 g/mol. The number of aryl methyl sites for hydroxylation is 1. The molecule has 0 saturated carbocycles. The number of hydrogen-bond donors (Lipinski definition) is 3. The number of halogens is 1. The van der Waals surface area contributed by atoms with E-state index in [1.54, 1.807) is 60.1 Å². The van der Waals surface area contributed by atoms with Crippen LogP contribution in [0.25, 0.3) is 11.8 Å². The van der Waals surface area contributed by atoms with E-state index in [1.165, 1.54) is 18.4 Å². The number of phenols is 1. The van der Waals surface area contributed by atoms with Crippen molar-refractivity contribution in [3.05, 3.63) is 118 Å². The molecular formula is C27H22ClN5O3. The van der Waals surface area contributed by atoms with Crippen LogP contribution in [0, 0.1) is 6.92 Å². The monoisotopic (exact) mass is 499 g/mol. The molecule has 0 aliphatic rings. The quantitative estimate of drug-likeness (QED) is 0.198. The zero-order valence-corrected chi connectivity index (χ0v) is 20.0. The molecule has 0 aliphatic heterocycles. The van der Waals surface area contributed by atoms with E-state index < -0.39 is 11.8 Å². The van der Waals surface area contributed by atoms with Crippen molar-refractivity contribution in [1.82, 2.24) is 20.5 Å². The van der Waals surface area contributed by atoms with Gasteiger partial charge < -0.3 is 10.4 Å². The molecule has 3 N–H and O–H groups in total. The third-order valence-electron chi connectivity index (χ3n) is 5.17. The zero-order valence-electron chi connectivity index (χ0n) is 19.2. The average molecular weight is 500 g/mol. The van der Waals surface area contributed by atoms with Crippen LogP contribution in [0.1, 0.15) is 27.2 Å². The summed E-state index contributed by atoms with van der Waals surface area (Å²) in [5, 5.41) is 21.5. The number of carbonyl (C=O) groups excluding carboxylic acids is 2. The topological polar surface area (TPSA) is 109 Å². The molecule has 0 aliphatic carbocycles. The minimum Gasteiger partial charge on any atom is -0.507 e. The van der Waals surface area contributed by atoms with Crippen LogP contribution in [-0.2, 0) is 4.79 Å². The number of nitrogens with one attached hydrogen (secondary N) is 2. The summed E-state index contributed by atoms with van der Waals surface area (Å²) in [7, 11) is 0. The molecule has 4 aromatic rings. The van der Waals surface area contributed by atoms with E-state index in [4.69, 9.17) is 11.6 Å². The first-order valence-electron chi connectivity index (χ1n) is 10.9. The highest BCUT2D eigenvalue weighted by molar-refractivity contribution is 6.32. The van der Waals surface area contributed by atoms with Crippen LogP contribution in [0.2, 0.25) is 5.15 Å². The normalized spacial score (nSPS) is 11.4. The summed E-state index contributed by atoms with van der Waals surface area (Å²) in [4.78, 5) is 25.7. The Morgan fingerprint density at radius 1 is 0.972 bits per heavy atom. The molecule has 9 heteroatoms. The number of nitrogens with zero attached hydrogens (tertiary/aromatic N) is 3. The van der Waals surface area contributed by atoms with E-state index in [9.17, 15) is 14.7 Å². The van der Waals surface area contributed by atoms with Gasteiger partial charge >= 0.3 is 0 Å². The van der Waals surface area contributed by atoms with Crippen LogP contribution in [0.3, 0.4) is 0 Å². The Kier molecular flexibility index (Phi) is 7.57. The van der Waals surface area contributed by atoms with Crippen molar-refractivity contribution in [1.29, 1.82) is 0 Å². The number of hydrogen-bond acceptors (Lipinski definition) is 5. The van der Waals surface area contributed by atoms with E-state index in [-0.39, 0.29) is 11.4 Å². The van der Waals surface area contributed by atoms with Gasteiger partial charge in [-0.3, -0.25) is 9.59 Å². The predicted molar refractivity (Wildman–Crippen MR) is 139 cm³/mol. The summed E-state index contributed by atoms with van der Waals surface area (Å²) in [6, 6.07) is 24.3. The Balaban J connectivity index is 1.57. The van der Waals surface area contributed by atoms with Crippen molar-refractivity contribution in [2.45, 2.75) is 6.92 Å². The predicted octanol–water partition coefficient (Wildman–Crippen LogP) is 4.46. The number of aromatic hydroxyl groups is 1. The second-order valence-electron chi connectivity index (χ2n) is 7.67. The first kappa shape index (κ1) is 24.4. The van der Waals surface area contributed by atoms with E-state index in [0.717, 1.165) is 5.69 Å². The standard InChI is InChI=1S/C27H22ClN5O3/c1-18-22(25(28)33(32-18)21-13-6-3-7-14-21)17-29-31-27(36)23(16-20-12-8-9-15-24(20)34)30-26(35)19-10-4-2-5-11-19/h2-17,34H,1H3,(H,30,35)(H,31,36)/b23-16-,29-17+. The lowest BCUT2D eigenvalue weighted by atomic mass is 10.1. The minimum absolute atomic E-state index is 0.0454. The maximum atomic E-state index is 13.0. The number of phenolic OH excluding ortho intramolecular Hbond substituents is 1. The zero-order chi connectivity index (χ0) is 25.5. The molecule has 3 aromatic carbocycles. The molecule has 0 radical (unpaired) electrons. The maximum absolute atomic E-state index is 13.0. The lowest BCUT2D eigenvalue weighted by Crippen LogP contribution is -2.32. The van der Waals surface area contributed by atoms with Crippen LogP contribution in [0.4, 0.5) is 0 Å². The number of amides is 2. The Hall–Kier alpha value is -4.69. The smallest absolute Gasteiger partial charge is 0.287 e. The van der Waals surface area contributed by atoms with Gasteiger partial charge in [0.15, 0.2) is 0 Å². The third-order valence-corrected chi connectivity index (χ3v) is 5.54. The molecule has 1 aromatic heterocycles. The van der Waals surface area contributed by atoms with Gasteiger partial charge in [0.1, 0.15) is 16.6 Å². The van der Waals surface area contributed by atoms with Crippen LogP contribution in [0.15, 0.2) is 95.7 Å². The third kappa shape index (κ3) is 5.68. The fourth-order valence-corrected chi connectivity index (χ4v) is 3.64. The van der Waals surface area contributed by atoms with Crippen molar-refractivity contribution in [3.8, 4) is 11.4 Å². The van der Waals surface area contributed by atoms with E-state index in [2.05, 4.69) is 20.9 Å². The van der Waals surface area contributed by atoms with E-state index in [1.807, 2.05) is 30.3 Å². The number of carbonyl (C=O) groups is 2. The first-order valence-corrected chi connectivity index (χ1v) is 11.3. The van der Waals surface area contributed by atoms with Crippen molar-refractivity contribution in [2.75, 3.05) is 0 Å². The molecule has 36 heavy (non-hydrogen) atoms. The fraction of sp³-hybridized carbons (Fsp3) is 0.0370. The summed E-state index contributed by atoms with van der Waals surface area (Å²) in [6.07, 6.45) is 2.76. The van der Waals surface area contributed by atoms with Gasteiger partial charge in [0.25, 0.3) is 11.8 Å². The fourth-order valence-electron chi connectivity index (χ4n) is 3.32. The molecule has 0 unspecified atom stereocenters. The van der Waals surface area contributed by atoms with Crippen molar-refractivity contribution < 1.29 is 14.7 Å². The minimum atomic E-state index is -0.692. The molecule has 4 rings (SSSR count). The molecule has 1 heterocycles. The van der Waals surface area contributed by atoms with Crippen LogP contribution in [-0.4, -0.2) is 32.9 Å². The van der Waals surface area contributed by atoms with Gasteiger partial charge in [-0.25, -0.2) is 10.1 Å². The summed E-state index contributed by atoms with van der Waals surface area (Å²) in [5.74, 6) is -1.22. The maximum Gasteiger partial charge on any atom is 0.287 e. The number of benzene rings is 3. The van der Waals surface area contributed by atoms with Gasteiger partial charge in [-0.2, -0.15) is 10.2 Å². The molecule has 8 nitrogen and oxygen atoms in total. The highest BCUT2D eigenvalue weighted by atomic mass is 35.5. The summed E-state index contributed by atoms with van der Waals surface area (Å²) in [6.45, 7) is 1.78. The van der Waals surface area contributed by atoms with Crippen LogP contribution in [0.5, 0.6) is 5.75 Å². The van der Waals surface area contributed by atoms with Gasteiger partial charge in [0, 0.05) is 11.1 Å². The Morgan fingerprint density at radius 2 is 1.61 bits per heavy atom. The number of rotatable bonds is 7. The van der Waals surface area contributed by atoms with E-state index in [0.29, 0.717) is 27.5 Å². The Labute approximate surface area is 212 Å². The van der Waals surface area contributed by atoms with Crippen molar-refractivity contribution >= 4 is 35.7 Å². The van der Waals surface area contributed by atoms with Gasteiger partial charge in [-0.1, -0.05) is 66.2 Å². The highest BCUT2D eigenvalue weighted by Gasteiger charge is 2.16. The van der Waals surface area contributed by atoms with Gasteiger partial charge in [0.05, 0.1) is 23.2 Å². The van der Waals surface area contributed by atoms with E-state index >= 15 is 0 Å². The second-order valence-corrected chi connectivity index (χ2v) is 8.03. The largest absolute Gasteiger partial charge is 0.507 e. The average Bonchev–Trinajstić information content (AvgIpc) is 3.19. The second kappa shape index (κ2) is 11.2. The van der Waals surface area contributed by atoms with Gasteiger partial charge in [-0.15, -0.1) is 0 Å². The molecule has 0 bridgehead atoms. The molecule has 2 amide bonds. The Bertz CT molecular complexity index is 1450. The summed E-state index contributed by atoms with van der Waals surface area (Å²) in [5.41, 5.74) is 4.94. The lowest BCUT2D eigenvalue weighted by Gasteiger charge is -2.09. The van der Waals surface area contributed by atoms with Crippen molar-refractivity contribution in [3.63, 3.8) is 0 Å². The number of para-hydroxylation sites is 2. The Morgan fingerprint density at radius 3 is 2.31 bits per heavy atom. The molecule has 0 atom stereocenters. The van der Waals surface area contributed by atoms with Crippen LogP contribution >= 0.6 is 11.6 Å².